The number of para-hydroxylation sites is 1. The molecule has 2 rings (SSSR count). The predicted octanol–water partition coefficient (Wildman–Crippen LogP) is 4.29. The van der Waals surface area contributed by atoms with Crippen LogP contribution in [0.5, 0.6) is 11.5 Å². The molecule has 0 fully saturated rings. The van der Waals surface area contributed by atoms with Gasteiger partial charge in [-0.1, -0.05) is 24.3 Å². The van der Waals surface area contributed by atoms with E-state index in [1.165, 1.54) is 0 Å². The van der Waals surface area contributed by atoms with E-state index >= 15 is 0 Å². The van der Waals surface area contributed by atoms with Crippen LogP contribution >= 0.6 is 15.9 Å². The lowest BCUT2D eigenvalue weighted by Crippen LogP contribution is -1.92. The summed E-state index contributed by atoms with van der Waals surface area (Å²) < 4.78 is 6.55. The Morgan fingerprint density at radius 2 is 1.82 bits per heavy atom. The summed E-state index contributed by atoms with van der Waals surface area (Å²) in [6.07, 6.45) is -0.475. The highest BCUT2D eigenvalue weighted by Crippen LogP contribution is 2.31. The van der Waals surface area contributed by atoms with Crippen molar-refractivity contribution in [1.82, 2.24) is 0 Å². The Bertz CT molecular complexity index is 495. The van der Waals surface area contributed by atoms with E-state index in [1.54, 1.807) is 6.92 Å². The van der Waals surface area contributed by atoms with Gasteiger partial charge in [-0.15, -0.1) is 0 Å². The van der Waals surface area contributed by atoms with Gasteiger partial charge in [-0.3, -0.25) is 0 Å². The molecule has 0 amide bonds. The molecule has 0 bridgehead atoms. The number of hydrogen-bond donors (Lipinski definition) is 1. The molecule has 0 radical (unpaired) electrons. The Morgan fingerprint density at radius 3 is 2.41 bits per heavy atom. The average molecular weight is 293 g/mol. The van der Waals surface area contributed by atoms with Crippen molar-refractivity contribution < 1.29 is 9.84 Å². The molecule has 1 atom stereocenters. The first-order valence-corrected chi connectivity index (χ1v) is 6.16. The zero-order valence-electron chi connectivity index (χ0n) is 9.43. The summed E-state index contributed by atoms with van der Waals surface area (Å²) in [6, 6.07) is 15.2. The molecule has 0 aliphatic rings. The summed E-state index contributed by atoms with van der Waals surface area (Å²) in [5.41, 5.74) is 0.859. The molecule has 2 nitrogen and oxygen atoms in total. The van der Waals surface area contributed by atoms with Gasteiger partial charge in [0.15, 0.2) is 0 Å². The molecule has 1 N–H and O–H groups in total. The van der Waals surface area contributed by atoms with Gasteiger partial charge in [-0.2, -0.15) is 0 Å². The lowest BCUT2D eigenvalue weighted by atomic mass is 10.1. The average Bonchev–Trinajstić information content (AvgIpc) is 2.33. The molecular weight excluding hydrogens is 280 g/mol. The highest BCUT2D eigenvalue weighted by atomic mass is 79.9. The van der Waals surface area contributed by atoms with Crippen LogP contribution in [0.3, 0.4) is 0 Å². The molecule has 0 aliphatic carbocycles. The SMILES string of the molecule is C[C@H](O)c1ccc(Oc2ccccc2)c(Br)c1. The van der Waals surface area contributed by atoms with Gasteiger partial charge in [0.05, 0.1) is 10.6 Å². The molecule has 0 spiro atoms. The van der Waals surface area contributed by atoms with Gasteiger partial charge < -0.3 is 9.84 Å². The molecular formula is C14H13BrO2. The Balaban J connectivity index is 2.23. The molecule has 0 saturated carbocycles. The summed E-state index contributed by atoms with van der Waals surface area (Å²) >= 11 is 3.44. The number of hydrogen-bond acceptors (Lipinski definition) is 2. The fraction of sp³-hybridized carbons (Fsp3) is 0.143. The predicted molar refractivity (Wildman–Crippen MR) is 71.3 cm³/mol. The highest BCUT2D eigenvalue weighted by molar-refractivity contribution is 9.10. The summed E-state index contributed by atoms with van der Waals surface area (Å²) in [7, 11) is 0. The standard InChI is InChI=1S/C14H13BrO2/c1-10(16)11-7-8-14(13(15)9-11)17-12-5-3-2-4-6-12/h2-10,16H,1H3/t10-/m0/s1. The minimum Gasteiger partial charge on any atom is -0.456 e. The van der Waals surface area contributed by atoms with E-state index in [0.717, 1.165) is 21.5 Å². The molecule has 17 heavy (non-hydrogen) atoms. The van der Waals surface area contributed by atoms with Crippen molar-refractivity contribution in [2.24, 2.45) is 0 Å². The second kappa shape index (κ2) is 5.34. The number of rotatable bonds is 3. The zero-order valence-corrected chi connectivity index (χ0v) is 11.0. The van der Waals surface area contributed by atoms with Gasteiger partial charge in [0.2, 0.25) is 0 Å². The number of ether oxygens (including phenoxy) is 1. The number of benzene rings is 2. The van der Waals surface area contributed by atoms with Gasteiger partial charge >= 0.3 is 0 Å². The van der Waals surface area contributed by atoms with E-state index in [9.17, 15) is 5.11 Å². The van der Waals surface area contributed by atoms with Gasteiger partial charge in [0.25, 0.3) is 0 Å². The van der Waals surface area contributed by atoms with Crippen molar-refractivity contribution >= 4 is 15.9 Å². The van der Waals surface area contributed by atoms with Crippen LogP contribution < -0.4 is 4.74 Å². The fourth-order valence-corrected chi connectivity index (χ4v) is 1.95. The zero-order chi connectivity index (χ0) is 12.3. The molecule has 0 aromatic heterocycles. The van der Waals surface area contributed by atoms with E-state index in [0.29, 0.717) is 0 Å². The molecule has 0 heterocycles. The lowest BCUT2D eigenvalue weighted by molar-refractivity contribution is 0.199. The Kier molecular flexibility index (Phi) is 3.82. The summed E-state index contributed by atoms with van der Waals surface area (Å²) in [4.78, 5) is 0. The first-order valence-electron chi connectivity index (χ1n) is 5.37. The van der Waals surface area contributed by atoms with Gasteiger partial charge in [-0.05, 0) is 52.7 Å². The van der Waals surface area contributed by atoms with Crippen molar-refractivity contribution in [3.63, 3.8) is 0 Å². The van der Waals surface area contributed by atoms with Crippen LogP contribution in [-0.4, -0.2) is 5.11 Å². The van der Waals surface area contributed by atoms with Crippen LogP contribution in [0, 0.1) is 0 Å². The topological polar surface area (TPSA) is 29.5 Å². The minimum absolute atomic E-state index is 0.475. The van der Waals surface area contributed by atoms with Crippen molar-refractivity contribution in [2.75, 3.05) is 0 Å². The van der Waals surface area contributed by atoms with E-state index in [2.05, 4.69) is 15.9 Å². The fourth-order valence-electron chi connectivity index (χ4n) is 1.48. The Morgan fingerprint density at radius 1 is 1.12 bits per heavy atom. The third kappa shape index (κ3) is 3.08. The monoisotopic (exact) mass is 292 g/mol. The summed E-state index contributed by atoms with van der Waals surface area (Å²) in [5, 5.41) is 9.47. The number of halogens is 1. The lowest BCUT2D eigenvalue weighted by Gasteiger charge is -2.10. The Labute approximate surface area is 109 Å². The molecule has 2 aromatic rings. The number of aliphatic hydroxyl groups is 1. The third-order valence-electron chi connectivity index (χ3n) is 2.41. The van der Waals surface area contributed by atoms with E-state index in [-0.39, 0.29) is 0 Å². The molecule has 0 unspecified atom stereocenters. The van der Waals surface area contributed by atoms with Crippen LogP contribution in [0.2, 0.25) is 0 Å². The second-order valence-electron chi connectivity index (χ2n) is 3.78. The van der Waals surface area contributed by atoms with Crippen LogP contribution in [0.15, 0.2) is 53.0 Å². The normalized spacial score (nSPS) is 12.2. The summed E-state index contributed by atoms with van der Waals surface area (Å²) in [5.74, 6) is 1.53. The van der Waals surface area contributed by atoms with E-state index in [1.807, 2.05) is 48.5 Å². The van der Waals surface area contributed by atoms with Crippen LogP contribution in [-0.2, 0) is 0 Å². The maximum Gasteiger partial charge on any atom is 0.141 e. The Hall–Kier alpha value is -1.32. The van der Waals surface area contributed by atoms with Crippen molar-refractivity contribution in [3.8, 4) is 11.5 Å². The maximum atomic E-state index is 9.47. The second-order valence-corrected chi connectivity index (χ2v) is 4.64. The molecule has 88 valence electrons. The van der Waals surface area contributed by atoms with Crippen molar-refractivity contribution in [1.29, 1.82) is 0 Å². The summed E-state index contributed by atoms with van der Waals surface area (Å²) in [6.45, 7) is 1.74. The third-order valence-corrected chi connectivity index (χ3v) is 3.03. The van der Waals surface area contributed by atoms with Gasteiger partial charge in [0.1, 0.15) is 11.5 Å². The highest BCUT2D eigenvalue weighted by Gasteiger charge is 2.06. The van der Waals surface area contributed by atoms with Crippen molar-refractivity contribution in [3.05, 3.63) is 58.6 Å². The van der Waals surface area contributed by atoms with Crippen molar-refractivity contribution in [2.45, 2.75) is 13.0 Å². The van der Waals surface area contributed by atoms with Crippen LogP contribution in [0.4, 0.5) is 0 Å². The quantitative estimate of drug-likeness (QED) is 0.914. The molecule has 0 saturated heterocycles. The van der Waals surface area contributed by atoms with Gasteiger partial charge in [0, 0.05) is 0 Å². The first kappa shape index (κ1) is 12.1. The first-order chi connectivity index (χ1) is 8.16. The maximum absolute atomic E-state index is 9.47. The largest absolute Gasteiger partial charge is 0.456 e. The van der Waals surface area contributed by atoms with Crippen LogP contribution in [0.1, 0.15) is 18.6 Å². The van der Waals surface area contributed by atoms with E-state index < -0.39 is 6.10 Å². The smallest absolute Gasteiger partial charge is 0.141 e. The van der Waals surface area contributed by atoms with E-state index in [4.69, 9.17) is 4.74 Å². The molecule has 0 aliphatic heterocycles. The van der Waals surface area contributed by atoms with Crippen LogP contribution in [0.25, 0.3) is 0 Å². The molecule has 3 heteroatoms. The minimum atomic E-state index is -0.475. The molecule has 2 aromatic carbocycles. The number of aliphatic hydroxyl groups excluding tert-OH is 1. The van der Waals surface area contributed by atoms with Gasteiger partial charge in [-0.25, -0.2) is 0 Å².